The van der Waals surface area contributed by atoms with Gasteiger partial charge in [0.1, 0.15) is 12.3 Å². The average molecular weight is 623 g/mol. The van der Waals surface area contributed by atoms with Crippen LogP contribution < -0.4 is 38.2 Å². The predicted molar refractivity (Wildman–Crippen MR) is 152 cm³/mol. The number of aryl methyl sites for hydroxylation is 1. The first-order valence-electron chi connectivity index (χ1n) is 14.3. The summed E-state index contributed by atoms with van der Waals surface area (Å²) < 4.78 is 8.41. The second kappa shape index (κ2) is 17.8. The number of hydrogen-bond donors (Lipinski definition) is 0. The van der Waals surface area contributed by atoms with Crippen LogP contribution in [-0.4, -0.2) is 12.5 Å². The van der Waals surface area contributed by atoms with E-state index in [-0.39, 0.29) is 35.3 Å². The van der Waals surface area contributed by atoms with Crippen LogP contribution in [0.25, 0.3) is 0 Å². The fourth-order valence-corrected chi connectivity index (χ4v) is 4.60. The van der Waals surface area contributed by atoms with Crippen molar-refractivity contribution in [2.45, 2.75) is 124 Å². The lowest BCUT2D eigenvalue weighted by atomic mass is 9.86. The maximum atomic E-state index is 12.6. The summed E-state index contributed by atoms with van der Waals surface area (Å²) in [4.78, 5) is 14.5. The number of ether oxygens (including phenoxy) is 1. The van der Waals surface area contributed by atoms with Crippen LogP contribution in [0.15, 0.2) is 42.7 Å². The van der Waals surface area contributed by atoms with E-state index >= 15 is 0 Å². The van der Waals surface area contributed by atoms with E-state index in [0.29, 0.717) is 6.54 Å². The Morgan fingerprint density at radius 3 is 2.11 bits per heavy atom. The van der Waals surface area contributed by atoms with Crippen LogP contribution in [0, 0.1) is 0 Å². The van der Waals surface area contributed by atoms with E-state index in [1.165, 1.54) is 57.8 Å². The molecule has 0 spiro atoms. The minimum Gasteiger partial charge on any atom is -1.00 e. The zero-order chi connectivity index (χ0) is 26.4. The van der Waals surface area contributed by atoms with Crippen molar-refractivity contribution >= 4 is 11.6 Å². The molecule has 0 saturated heterocycles. The number of nitrogens with zero attached hydrogens (tertiary/aromatic N) is 2. The molecule has 0 aliphatic rings. The molecule has 0 unspecified atom stereocenters. The van der Waals surface area contributed by atoms with Crippen LogP contribution in [0.3, 0.4) is 0 Å². The lowest BCUT2D eigenvalue weighted by Gasteiger charge is -2.27. The van der Waals surface area contributed by atoms with Crippen LogP contribution in [0.5, 0.6) is 5.75 Å². The highest BCUT2D eigenvalue weighted by molar-refractivity contribution is 5.91. The number of hydrogen-bond acceptors (Lipinski definition) is 2. The molecule has 2 rings (SSSR count). The number of rotatable bonds is 16. The van der Waals surface area contributed by atoms with Gasteiger partial charge in [-0.15, -0.1) is 0 Å². The first-order valence-corrected chi connectivity index (χ1v) is 14.3. The summed E-state index contributed by atoms with van der Waals surface area (Å²) in [5.41, 5.74) is 3.11. The van der Waals surface area contributed by atoms with Gasteiger partial charge in [0.15, 0.2) is 12.4 Å². The maximum Gasteiger partial charge on any atom is 0.224 e. The molecule has 0 radical (unpaired) electrons. The van der Waals surface area contributed by atoms with E-state index in [4.69, 9.17) is 4.74 Å². The van der Waals surface area contributed by atoms with Gasteiger partial charge in [0.2, 0.25) is 5.91 Å². The van der Waals surface area contributed by atoms with E-state index in [0.717, 1.165) is 42.1 Å². The van der Waals surface area contributed by atoms with Crippen molar-refractivity contribution in [3.8, 4) is 5.75 Å². The number of halogens is 1. The Labute approximate surface area is 244 Å². The number of carbonyl (C=O) groups is 1. The summed E-state index contributed by atoms with van der Waals surface area (Å²) in [6, 6.07) is 10.4. The number of unbranched alkanes of at least 4 members (excludes halogenated alkanes) is 9. The Morgan fingerprint density at radius 2 is 1.54 bits per heavy atom. The third kappa shape index (κ3) is 12.2. The normalized spacial score (nSPS) is 11.2. The van der Waals surface area contributed by atoms with Gasteiger partial charge in [-0.05, 0) is 43.0 Å². The molecule has 0 bridgehead atoms. The van der Waals surface area contributed by atoms with Crippen molar-refractivity contribution in [2.24, 2.45) is 0 Å². The van der Waals surface area contributed by atoms with Gasteiger partial charge < -0.3 is 33.6 Å². The lowest BCUT2D eigenvalue weighted by Crippen LogP contribution is -3.00. The summed E-state index contributed by atoms with van der Waals surface area (Å²) in [7, 11) is 0. The molecule has 1 aromatic heterocycles. The molecule has 0 N–H and O–H groups in total. The zero-order valence-electron chi connectivity index (χ0n) is 24.3. The molecular formula is C32H51IN2O2. The van der Waals surface area contributed by atoms with E-state index in [1.54, 1.807) is 6.92 Å². The van der Waals surface area contributed by atoms with Gasteiger partial charge in [-0.25, -0.2) is 4.57 Å². The highest BCUT2D eigenvalue weighted by atomic mass is 127. The fourth-order valence-electron chi connectivity index (χ4n) is 4.60. The predicted octanol–water partition coefficient (Wildman–Crippen LogP) is 5.15. The van der Waals surface area contributed by atoms with Crippen LogP contribution in [0.2, 0.25) is 0 Å². The highest BCUT2D eigenvalue weighted by Gasteiger charge is 2.22. The molecule has 0 saturated carbocycles. The molecule has 37 heavy (non-hydrogen) atoms. The number of aromatic nitrogens is 1. The highest BCUT2D eigenvalue weighted by Crippen LogP contribution is 2.35. The van der Waals surface area contributed by atoms with Gasteiger partial charge in [-0.1, -0.05) is 85.5 Å². The quantitative estimate of drug-likeness (QED) is 0.148. The SMILES string of the molecule is CCCCCCCCCCCCOc1ccc(N(Cc2ccc[n+](CC)c2)C(C)=O)cc1C(C)(C)C.[I-]. The van der Waals surface area contributed by atoms with Crippen molar-refractivity contribution in [1.82, 2.24) is 0 Å². The molecule has 5 heteroatoms. The van der Waals surface area contributed by atoms with E-state index in [2.05, 4.69) is 69.8 Å². The molecule has 0 fully saturated rings. The Hall–Kier alpha value is -1.63. The molecule has 0 aliphatic carbocycles. The van der Waals surface area contributed by atoms with Crippen molar-refractivity contribution in [3.05, 3.63) is 53.9 Å². The Morgan fingerprint density at radius 1 is 0.919 bits per heavy atom. The third-order valence-corrected chi connectivity index (χ3v) is 6.84. The van der Waals surface area contributed by atoms with E-state index in [1.807, 2.05) is 17.0 Å². The monoisotopic (exact) mass is 622 g/mol. The van der Waals surface area contributed by atoms with Crippen LogP contribution >= 0.6 is 0 Å². The topological polar surface area (TPSA) is 33.4 Å². The van der Waals surface area contributed by atoms with Crippen LogP contribution in [0.1, 0.15) is 117 Å². The number of anilines is 1. The van der Waals surface area contributed by atoms with E-state index < -0.39 is 0 Å². The van der Waals surface area contributed by atoms with Gasteiger partial charge >= 0.3 is 0 Å². The number of amides is 1. The van der Waals surface area contributed by atoms with Gasteiger partial charge in [0.05, 0.1) is 13.2 Å². The molecular weight excluding hydrogens is 571 g/mol. The fraction of sp³-hybridized carbons (Fsp3) is 0.625. The number of pyridine rings is 1. The number of carbonyl (C=O) groups excluding carboxylic acids is 1. The summed E-state index contributed by atoms with van der Waals surface area (Å²) >= 11 is 0. The average Bonchev–Trinajstić information content (AvgIpc) is 2.85. The lowest BCUT2D eigenvalue weighted by molar-refractivity contribution is -0.694. The smallest absolute Gasteiger partial charge is 0.224 e. The summed E-state index contributed by atoms with van der Waals surface area (Å²) in [5.74, 6) is 0.981. The molecule has 2 aromatic rings. The first-order chi connectivity index (χ1) is 17.3. The third-order valence-electron chi connectivity index (χ3n) is 6.84. The number of benzene rings is 1. The molecule has 1 amide bonds. The largest absolute Gasteiger partial charge is 1.00 e. The molecule has 1 aromatic carbocycles. The Bertz CT molecular complexity index is 923. The Balaban J connectivity index is 0.00000684. The Kier molecular flexibility index (Phi) is 16.1. The van der Waals surface area contributed by atoms with Gasteiger partial charge in [0, 0.05) is 29.8 Å². The second-order valence-electron chi connectivity index (χ2n) is 11.1. The van der Waals surface area contributed by atoms with Crippen molar-refractivity contribution in [3.63, 3.8) is 0 Å². The first kappa shape index (κ1) is 33.4. The van der Waals surface area contributed by atoms with E-state index in [9.17, 15) is 4.79 Å². The summed E-state index contributed by atoms with van der Waals surface area (Å²) in [5, 5.41) is 0. The van der Waals surface area contributed by atoms with Gasteiger partial charge in [-0.2, -0.15) is 0 Å². The molecule has 0 atom stereocenters. The molecule has 0 aliphatic heterocycles. The van der Waals surface area contributed by atoms with Crippen molar-refractivity contribution in [2.75, 3.05) is 11.5 Å². The molecule has 1 heterocycles. The minimum atomic E-state index is -0.0798. The molecule has 4 nitrogen and oxygen atoms in total. The summed E-state index contributed by atoms with van der Waals surface area (Å²) in [6.07, 6.45) is 17.4. The maximum absolute atomic E-state index is 12.6. The van der Waals surface area contributed by atoms with Gasteiger partial charge in [-0.3, -0.25) is 4.79 Å². The van der Waals surface area contributed by atoms with Crippen LogP contribution in [0.4, 0.5) is 5.69 Å². The zero-order valence-corrected chi connectivity index (χ0v) is 26.5. The van der Waals surface area contributed by atoms with Gasteiger partial charge in [0.25, 0.3) is 0 Å². The van der Waals surface area contributed by atoms with Crippen molar-refractivity contribution < 1.29 is 38.1 Å². The minimum absolute atomic E-state index is 0. The second-order valence-corrected chi connectivity index (χ2v) is 11.1. The summed E-state index contributed by atoms with van der Waals surface area (Å²) in [6.45, 7) is 14.9. The van der Waals surface area contributed by atoms with Crippen molar-refractivity contribution in [1.29, 1.82) is 0 Å². The standard InChI is InChI=1S/C32H51N2O2.HI/c1-7-9-10-11-12-13-14-15-16-17-23-36-31-21-20-29(24-30(31)32(4,5)6)34(27(3)35)26-28-19-18-22-33(8-2)25-28;/h18-22,24-25H,7-17,23,26H2,1-6H3;1H/q+1;/p-1. The van der Waals surface area contributed by atoms with Crippen LogP contribution in [-0.2, 0) is 23.3 Å². The molecule has 208 valence electrons.